The molecule has 0 aliphatic carbocycles. The maximum atomic E-state index is 11.8. The minimum atomic E-state index is -1.13. The van der Waals surface area contributed by atoms with Gasteiger partial charge in [-0.1, -0.05) is 54.6 Å². The lowest BCUT2D eigenvalue weighted by molar-refractivity contribution is -0.139. The summed E-state index contributed by atoms with van der Waals surface area (Å²) in [7, 11) is 0. The van der Waals surface area contributed by atoms with Crippen LogP contribution in [-0.4, -0.2) is 17.2 Å². The van der Waals surface area contributed by atoms with Gasteiger partial charge in [-0.2, -0.15) is 0 Å². The van der Waals surface area contributed by atoms with Gasteiger partial charge in [0.15, 0.2) is 6.04 Å². The highest BCUT2D eigenvalue weighted by atomic mass is 16.5. The van der Waals surface area contributed by atoms with Crippen molar-refractivity contribution in [3.05, 3.63) is 71.3 Å². The average Bonchev–Trinajstić information content (AvgIpc) is 2.52. The predicted molar refractivity (Wildman–Crippen MR) is 81.3 cm³/mol. The second-order valence-electron chi connectivity index (χ2n) is 4.83. The molecule has 0 unspecified atom stereocenters. The molecule has 0 saturated carbocycles. The Morgan fingerprint density at radius 2 is 1.73 bits per heavy atom. The highest BCUT2D eigenvalue weighted by Crippen LogP contribution is 2.18. The predicted octanol–water partition coefficient (Wildman–Crippen LogP) is 3.05. The summed E-state index contributed by atoms with van der Waals surface area (Å²) in [5.41, 5.74) is 2.16. The molecule has 0 bridgehead atoms. The maximum Gasteiger partial charge on any atom is 0.408 e. The lowest BCUT2D eigenvalue weighted by Crippen LogP contribution is -2.34. The van der Waals surface area contributed by atoms with Crippen molar-refractivity contribution in [1.82, 2.24) is 5.32 Å². The van der Waals surface area contributed by atoms with Gasteiger partial charge in [0.25, 0.3) is 0 Å². The molecular weight excluding hydrogens is 282 g/mol. The van der Waals surface area contributed by atoms with Gasteiger partial charge in [0.2, 0.25) is 0 Å². The number of aliphatic carboxylic acids is 1. The zero-order valence-corrected chi connectivity index (χ0v) is 12.2. The number of carbonyl (C=O) groups excluding carboxylic acids is 1. The lowest BCUT2D eigenvalue weighted by Gasteiger charge is -2.16. The third kappa shape index (κ3) is 4.09. The number of carbonyl (C=O) groups is 2. The van der Waals surface area contributed by atoms with Crippen LogP contribution in [0.5, 0.6) is 0 Å². The summed E-state index contributed by atoms with van der Waals surface area (Å²) >= 11 is 0. The van der Waals surface area contributed by atoms with Crippen molar-refractivity contribution in [1.29, 1.82) is 0 Å². The normalized spacial score (nSPS) is 11.5. The molecule has 0 radical (unpaired) electrons. The Balaban J connectivity index is 2.01. The van der Waals surface area contributed by atoms with Gasteiger partial charge in [-0.25, -0.2) is 9.59 Å². The summed E-state index contributed by atoms with van der Waals surface area (Å²) in [6.45, 7) is 1.88. The number of carboxylic acid groups (broad SMARTS) is 1. The van der Waals surface area contributed by atoms with E-state index in [2.05, 4.69) is 5.32 Å². The van der Waals surface area contributed by atoms with E-state index in [1.807, 2.05) is 36.4 Å². The molecule has 2 N–H and O–H groups in total. The summed E-state index contributed by atoms with van der Waals surface area (Å²) in [6.07, 6.45) is -0.764. The van der Waals surface area contributed by atoms with E-state index >= 15 is 0 Å². The van der Waals surface area contributed by atoms with Crippen LogP contribution < -0.4 is 5.32 Å². The molecule has 0 aromatic heterocycles. The molecule has 2 aromatic rings. The van der Waals surface area contributed by atoms with Gasteiger partial charge < -0.3 is 15.2 Å². The lowest BCUT2D eigenvalue weighted by atomic mass is 10.0. The summed E-state index contributed by atoms with van der Waals surface area (Å²) in [4.78, 5) is 23.2. The smallest absolute Gasteiger partial charge is 0.408 e. The fourth-order valence-corrected chi connectivity index (χ4v) is 2.07. The van der Waals surface area contributed by atoms with Crippen LogP contribution in [0.4, 0.5) is 4.79 Å². The molecule has 2 aromatic carbocycles. The second-order valence-corrected chi connectivity index (χ2v) is 4.83. The van der Waals surface area contributed by atoms with E-state index in [0.29, 0.717) is 5.56 Å². The highest BCUT2D eigenvalue weighted by molar-refractivity contribution is 5.81. The van der Waals surface area contributed by atoms with Crippen LogP contribution in [0, 0.1) is 6.92 Å². The van der Waals surface area contributed by atoms with Crippen molar-refractivity contribution in [2.75, 3.05) is 0 Å². The van der Waals surface area contributed by atoms with E-state index in [9.17, 15) is 14.7 Å². The first-order valence-electron chi connectivity index (χ1n) is 6.83. The molecule has 114 valence electrons. The number of benzene rings is 2. The number of nitrogens with one attached hydrogen (secondary N) is 1. The molecule has 5 nitrogen and oxygen atoms in total. The highest BCUT2D eigenvalue weighted by Gasteiger charge is 2.24. The molecule has 0 saturated heterocycles. The number of hydrogen-bond donors (Lipinski definition) is 2. The Morgan fingerprint density at radius 1 is 1.09 bits per heavy atom. The number of hydrogen-bond acceptors (Lipinski definition) is 3. The molecule has 1 atom stereocenters. The molecule has 0 fully saturated rings. The van der Waals surface area contributed by atoms with Gasteiger partial charge in [-0.15, -0.1) is 0 Å². The Bertz CT molecular complexity index is 655. The molecule has 1 amide bonds. The monoisotopic (exact) mass is 299 g/mol. The zero-order chi connectivity index (χ0) is 15.9. The van der Waals surface area contributed by atoms with Crippen molar-refractivity contribution in [2.24, 2.45) is 0 Å². The third-order valence-corrected chi connectivity index (χ3v) is 3.22. The molecule has 2 rings (SSSR count). The van der Waals surface area contributed by atoms with Crippen molar-refractivity contribution in [3.8, 4) is 0 Å². The fourth-order valence-electron chi connectivity index (χ4n) is 2.07. The number of aryl methyl sites for hydroxylation is 1. The van der Waals surface area contributed by atoms with Gasteiger partial charge in [-0.3, -0.25) is 0 Å². The molecule has 5 heteroatoms. The molecule has 0 spiro atoms. The zero-order valence-electron chi connectivity index (χ0n) is 12.2. The van der Waals surface area contributed by atoms with E-state index in [4.69, 9.17) is 4.74 Å². The van der Waals surface area contributed by atoms with E-state index in [1.54, 1.807) is 25.1 Å². The van der Waals surface area contributed by atoms with Crippen molar-refractivity contribution >= 4 is 12.1 Å². The summed E-state index contributed by atoms with van der Waals surface area (Å²) in [6, 6.07) is 15.1. The van der Waals surface area contributed by atoms with Crippen LogP contribution in [-0.2, 0) is 16.1 Å². The molecule has 0 aliphatic heterocycles. The number of ether oxygens (including phenoxy) is 1. The van der Waals surface area contributed by atoms with Crippen LogP contribution in [0.3, 0.4) is 0 Å². The van der Waals surface area contributed by atoms with Crippen molar-refractivity contribution in [2.45, 2.75) is 19.6 Å². The summed E-state index contributed by atoms with van der Waals surface area (Å²) in [5, 5.41) is 11.7. The minimum absolute atomic E-state index is 0.0901. The first kappa shape index (κ1) is 15.6. The number of alkyl carbamates (subject to hydrolysis) is 1. The Hall–Kier alpha value is -2.82. The van der Waals surface area contributed by atoms with Gasteiger partial charge in [-0.05, 0) is 23.6 Å². The Morgan fingerprint density at radius 3 is 2.36 bits per heavy atom. The second kappa shape index (κ2) is 7.26. The van der Waals surface area contributed by atoms with Gasteiger partial charge in [0.05, 0.1) is 0 Å². The van der Waals surface area contributed by atoms with Gasteiger partial charge in [0.1, 0.15) is 6.61 Å². The average molecular weight is 299 g/mol. The van der Waals surface area contributed by atoms with Crippen LogP contribution in [0.15, 0.2) is 54.6 Å². The number of amides is 1. The minimum Gasteiger partial charge on any atom is -0.479 e. The molecule has 0 heterocycles. The number of rotatable bonds is 5. The Kier molecular flexibility index (Phi) is 5.14. The molecule has 0 aliphatic rings. The quantitative estimate of drug-likeness (QED) is 0.889. The number of carboxylic acids is 1. The van der Waals surface area contributed by atoms with Gasteiger partial charge >= 0.3 is 12.1 Å². The van der Waals surface area contributed by atoms with E-state index in [0.717, 1.165) is 11.1 Å². The van der Waals surface area contributed by atoms with Crippen molar-refractivity contribution < 1.29 is 19.4 Å². The van der Waals surface area contributed by atoms with E-state index in [-0.39, 0.29) is 6.61 Å². The topological polar surface area (TPSA) is 75.6 Å². The van der Waals surface area contributed by atoms with E-state index < -0.39 is 18.1 Å². The summed E-state index contributed by atoms with van der Waals surface area (Å²) in [5.74, 6) is -1.13. The third-order valence-electron chi connectivity index (χ3n) is 3.22. The first-order valence-corrected chi connectivity index (χ1v) is 6.83. The van der Waals surface area contributed by atoms with Crippen LogP contribution in [0.2, 0.25) is 0 Å². The SMILES string of the molecule is Cc1ccccc1[C@H](NC(=O)OCc1ccccc1)C(=O)O. The largest absolute Gasteiger partial charge is 0.479 e. The summed E-state index contributed by atoms with van der Waals surface area (Å²) < 4.78 is 5.06. The fraction of sp³-hybridized carbons (Fsp3) is 0.176. The Labute approximate surface area is 128 Å². The van der Waals surface area contributed by atoms with Crippen LogP contribution in [0.1, 0.15) is 22.7 Å². The maximum absolute atomic E-state index is 11.8. The van der Waals surface area contributed by atoms with Crippen LogP contribution in [0.25, 0.3) is 0 Å². The standard InChI is InChI=1S/C17H17NO4/c1-12-7-5-6-10-14(12)15(16(19)20)18-17(21)22-11-13-8-3-2-4-9-13/h2-10,15H,11H2,1H3,(H,18,21)(H,19,20)/t15-/m0/s1. The van der Waals surface area contributed by atoms with E-state index in [1.165, 1.54) is 0 Å². The first-order chi connectivity index (χ1) is 10.6. The molecule has 22 heavy (non-hydrogen) atoms. The van der Waals surface area contributed by atoms with Crippen molar-refractivity contribution in [3.63, 3.8) is 0 Å². The van der Waals surface area contributed by atoms with Gasteiger partial charge in [0, 0.05) is 0 Å². The van der Waals surface area contributed by atoms with Crippen LogP contribution >= 0.6 is 0 Å². The molecular formula is C17H17NO4.